The van der Waals surface area contributed by atoms with Crippen molar-refractivity contribution in [3.63, 3.8) is 0 Å². The van der Waals surface area contributed by atoms with E-state index in [1.165, 1.54) is 11.3 Å². The van der Waals surface area contributed by atoms with E-state index in [2.05, 4.69) is 4.98 Å². The van der Waals surface area contributed by atoms with E-state index in [1.54, 1.807) is 0 Å². The van der Waals surface area contributed by atoms with E-state index in [-0.39, 0.29) is 17.4 Å². The predicted molar refractivity (Wildman–Crippen MR) is 99.8 cm³/mol. The number of primary amides is 1. The van der Waals surface area contributed by atoms with Crippen molar-refractivity contribution in [2.75, 3.05) is 18.0 Å². The molecule has 3 N–H and O–H groups in total. The van der Waals surface area contributed by atoms with Crippen LogP contribution in [0.15, 0.2) is 40.5 Å². The lowest BCUT2D eigenvalue weighted by Gasteiger charge is -2.31. The van der Waals surface area contributed by atoms with Gasteiger partial charge in [0, 0.05) is 24.0 Å². The first-order chi connectivity index (χ1) is 12.1. The number of fused-ring (bicyclic) bond motifs is 1. The maximum Gasteiger partial charge on any atom is 0.270 e. The lowest BCUT2D eigenvalue weighted by Crippen LogP contribution is -2.42. The fourth-order valence-corrected chi connectivity index (χ4v) is 4.20. The number of rotatable bonds is 3. The van der Waals surface area contributed by atoms with Gasteiger partial charge in [-0.2, -0.15) is 0 Å². The molecule has 6 nitrogen and oxygen atoms in total. The normalized spacial score (nSPS) is 17.8. The summed E-state index contributed by atoms with van der Waals surface area (Å²) in [5.41, 5.74) is 8.00. The number of thiophene rings is 1. The summed E-state index contributed by atoms with van der Waals surface area (Å²) in [6.07, 6.45) is 1.64. The number of amides is 1. The smallest absolute Gasteiger partial charge is 0.270 e. The molecule has 2 aromatic heterocycles. The Morgan fingerprint density at radius 3 is 2.88 bits per heavy atom. The summed E-state index contributed by atoms with van der Waals surface area (Å²) in [5, 5.41) is 1.97. The number of H-pyrrole nitrogens is 1. The third-order valence-electron chi connectivity index (χ3n) is 4.62. The number of hydrogen-bond acceptors (Lipinski definition) is 5. The van der Waals surface area contributed by atoms with Crippen LogP contribution in [0, 0.1) is 5.92 Å². The molecule has 3 heterocycles. The second kappa shape index (κ2) is 6.33. The lowest BCUT2D eigenvalue weighted by atomic mass is 9.98. The Labute approximate surface area is 148 Å². The molecule has 4 rings (SSSR count). The molecule has 0 saturated carbocycles. The fraction of sp³-hybridized carbons (Fsp3) is 0.278. The van der Waals surface area contributed by atoms with Crippen LogP contribution >= 0.6 is 11.3 Å². The fourth-order valence-electron chi connectivity index (χ4n) is 3.29. The van der Waals surface area contributed by atoms with Crippen LogP contribution in [0.5, 0.6) is 0 Å². The Morgan fingerprint density at radius 2 is 2.12 bits per heavy atom. The van der Waals surface area contributed by atoms with E-state index in [0.717, 1.165) is 30.5 Å². The molecule has 128 valence electrons. The van der Waals surface area contributed by atoms with Gasteiger partial charge in [0.15, 0.2) is 0 Å². The zero-order chi connectivity index (χ0) is 17.4. The van der Waals surface area contributed by atoms with Gasteiger partial charge >= 0.3 is 0 Å². The molecule has 7 heteroatoms. The van der Waals surface area contributed by atoms with E-state index in [1.807, 2.05) is 40.6 Å². The zero-order valence-electron chi connectivity index (χ0n) is 13.6. The molecule has 0 unspecified atom stereocenters. The summed E-state index contributed by atoms with van der Waals surface area (Å²) in [6, 6.07) is 9.91. The van der Waals surface area contributed by atoms with Gasteiger partial charge in [-0.25, -0.2) is 4.98 Å². The first-order valence-electron chi connectivity index (χ1n) is 8.24. The number of benzene rings is 1. The molecule has 1 aromatic carbocycles. The topological polar surface area (TPSA) is 92.1 Å². The van der Waals surface area contributed by atoms with Crippen LogP contribution in [0.25, 0.3) is 21.3 Å². The van der Waals surface area contributed by atoms with E-state index >= 15 is 0 Å². The standard InChI is InChI=1S/C18H18N4O2S/c19-16(23)12-7-4-8-22(9-12)18-20-14-13(11-5-2-1-3-6-11)10-25-15(14)17(24)21-18/h1-3,5-6,10,12H,4,7-9H2,(H2,19,23)(H,20,21,24)/t12-/m0/s1. The van der Waals surface area contributed by atoms with Gasteiger partial charge in [-0.3, -0.25) is 14.6 Å². The molecular formula is C18H18N4O2S. The number of anilines is 1. The summed E-state index contributed by atoms with van der Waals surface area (Å²) in [5.74, 6) is 0.0125. The highest BCUT2D eigenvalue weighted by atomic mass is 32.1. The number of hydrogen-bond donors (Lipinski definition) is 2. The summed E-state index contributed by atoms with van der Waals surface area (Å²) in [7, 11) is 0. The molecule has 0 spiro atoms. The van der Waals surface area contributed by atoms with Gasteiger partial charge in [0.2, 0.25) is 11.9 Å². The number of carbonyl (C=O) groups is 1. The Morgan fingerprint density at radius 1 is 1.32 bits per heavy atom. The number of carbonyl (C=O) groups excluding carboxylic acids is 1. The van der Waals surface area contributed by atoms with Gasteiger partial charge in [-0.15, -0.1) is 11.3 Å². The van der Waals surface area contributed by atoms with Crippen molar-refractivity contribution < 1.29 is 4.79 Å². The number of nitrogens with one attached hydrogen (secondary N) is 1. The first kappa shape index (κ1) is 15.8. The van der Waals surface area contributed by atoms with Gasteiger partial charge in [0.1, 0.15) is 4.70 Å². The maximum atomic E-state index is 12.5. The molecule has 1 saturated heterocycles. The van der Waals surface area contributed by atoms with Crippen molar-refractivity contribution in [2.45, 2.75) is 12.8 Å². The predicted octanol–water partition coefficient (Wildman–Crippen LogP) is 2.35. The number of nitrogens with zero attached hydrogens (tertiary/aromatic N) is 2. The summed E-state index contributed by atoms with van der Waals surface area (Å²) in [4.78, 5) is 33.5. The Balaban J connectivity index is 1.78. The van der Waals surface area contributed by atoms with Crippen molar-refractivity contribution in [3.05, 3.63) is 46.1 Å². The number of aromatic amines is 1. The van der Waals surface area contributed by atoms with Crippen LogP contribution in [0.1, 0.15) is 12.8 Å². The van der Waals surface area contributed by atoms with Crippen molar-refractivity contribution in [1.82, 2.24) is 9.97 Å². The molecule has 1 atom stereocenters. The lowest BCUT2D eigenvalue weighted by molar-refractivity contribution is -0.122. The van der Waals surface area contributed by atoms with Gasteiger partial charge in [0.25, 0.3) is 5.56 Å². The van der Waals surface area contributed by atoms with Crippen LogP contribution in [-0.4, -0.2) is 29.0 Å². The van der Waals surface area contributed by atoms with E-state index in [9.17, 15) is 9.59 Å². The minimum atomic E-state index is -0.298. The van der Waals surface area contributed by atoms with Crippen LogP contribution < -0.4 is 16.2 Å². The summed E-state index contributed by atoms with van der Waals surface area (Å²) < 4.78 is 0.617. The summed E-state index contributed by atoms with van der Waals surface area (Å²) in [6.45, 7) is 1.25. The SMILES string of the molecule is NC(=O)[C@H]1CCCN(c2nc3c(-c4ccccc4)csc3c(=O)[nH]2)C1. The van der Waals surface area contributed by atoms with Crippen molar-refractivity contribution >= 4 is 33.4 Å². The first-order valence-corrected chi connectivity index (χ1v) is 9.12. The molecular weight excluding hydrogens is 336 g/mol. The second-order valence-electron chi connectivity index (χ2n) is 6.27. The average Bonchev–Trinajstić information content (AvgIpc) is 3.07. The van der Waals surface area contributed by atoms with E-state index < -0.39 is 0 Å². The maximum absolute atomic E-state index is 12.5. The zero-order valence-corrected chi connectivity index (χ0v) is 14.4. The van der Waals surface area contributed by atoms with Gasteiger partial charge in [-0.1, -0.05) is 30.3 Å². The largest absolute Gasteiger partial charge is 0.369 e. The highest BCUT2D eigenvalue weighted by molar-refractivity contribution is 7.17. The highest BCUT2D eigenvalue weighted by Gasteiger charge is 2.26. The van der Waals surface area contributed by atoms with Crippen LogP contribution in [0.4, 0.5) is 5.95 Å². The third kappa shape index (κ3) is 2.91. The van der Waals surface area contributed by atoms with Crippen LogP contribution in [-0.2, 0) is 4.79 Å². The van der Waals surface area contributed by atoms with E-state index in [4.69, 9.17) is 10.7 Å². The minimum Gasteiger partial charge on any atom is -0.369 e. The Bertz CT molecular complexity index is 980. The van der Waals surface area contributed by atoms with Crippen molar-refractivity contribution in [1.29, 1.82) is 0 Å². The molecule has 0 bridgehead atoms. The second-order valence-corrected chi connectivity index (χ2v) is 7.15. The molecule has 1 fully saturated rings. The number of piperidine rings is 1. The van der Waals surface area contributed by atoms with Gasteiger partial charge in [0.05, 0.1) is 11.4 Å². The van der Waals surface area contributed by atoms with Crippen LogP contribution in [0.2, 0.25) is 0 Å². The molecule has 1 aliphatic heterocycles. The monoisotopic (exact) mass is 354 g/mol. The van der Waals surface area contributed by atoms with E-state index in [0.29, 0.717) is 22.7 Å². The van der Waals surface area contributed by atoms with Crippen molar-refractivity contribution in [2.24, 2.45) is 11.7 Å². The highest BCUT2D eigenvalue weighted by Crippen LogP contribution is 2.32. The Kier molecular flexibility index (Phi) is 4.01. The molecule has 0 aliphatic carbocycles. The molecule has 0 radical (unpaired) electrons. The third-order valence-corrected chi connectivity index (χ3v) is 5.59. The average molecular weight is 354 g/mol. The molecule has 1 amide bonds. The number of nitrogens with two attached hydrogens (primary N) is 1. The summed E-state index contributed by atoms with van der Waals surface area (Å²) >= 11 is 1.40. The molecule has 3 aromatic rings. The van der Waals surface area contributed by atoms with Gasteiger partial charge < -0.3 is 10.6 Å². The molecule has 25 heavy (non-hydrogen) atoms. The minimum absolute atomic E-state index is 0.145. The number of aromatic nitrogens is 2. The van der Waals surface area contributed by atoms with Crippen molar-refractivity contribution in [3.8, 4) is 11.1 Å². The van der Waals surface area contributed by atoms with Gasteiger partial charge in [-0.05, 0) is 18.4 Å². The molecule has 1 aliphatic rings. The Hall–Kier alpha value is -2.67. The quantitative estimate of drug-likeness (QED) is 0.755. The van der Waals surface area contributed by atoms with Crippen LogP contribution in [0.3, 0.4) is 0 Å².